The van der Waals surface area contributed by atoms with Crippen LogP contribution in [-0.4, -0.2) is 193 Å². The fourth-order valence-electron chi connectivity index (χ4n) is 8.78. The van der Waals surface area contributed by atoms with Gasteiger partial charge in [-0.05, 0) is 19.3 Å². The molecule has 0 aromatic heterocycles. The van der Waals surface area contributed by atoms with Crippen LogP contribution in [0.5, 0.6) is 0 Å². The van der Waals surface area contributed by atoms with Gasteiger partial charge in [0, 0.05) is 6.42 Å². The van der Waals surface area contributed by atoms with Gasteiger partial charge < -0.3 is 89.9 Å². The Bertz CT molecular complexity index is 1300. The van der Waals surface area contributed by atoms with E-state index >= 15 is 0 Å². The summed E-state index contributed by atoms with van der Waals surface area (Å²) in [5.74, 6) is -0.290. The molecule has 0 radical (unpaired) electrons. The molecule has 3 aliphatic rings. The molecule has 19 heteroatoms. The highest BCUT2D eigenvalue weighted by atomic mass is 16.8. The molecule has 0 saturated carbocycles. The fraction of sp³-hybridized carbons (Fsp3) is 0.938. The Labute approximate surface area is 397 Å². The number of unbranched alkanes of at least 4 members (excludes halogenated alkanes) is 19. The predicted molar refractivity (Wildman–Crippen MR) is 245 cm³/mol. The maximum Gasteiger partial charge on any atom is 0.220 e. The number of hydrogen-bond donors (Lipinski definition) is 12. The molecule has 3 fully saturated rings. The Morgan fingerprint density at radius 2 is 0.925 bits per heavy atom. The van der Waals surface area contributed by atoms with Crippen molar-refractivity contribution in [1.29, 1.82) is 0 Å². The van der Waals surface area contributed by atoms with E-state index in [1.54, 1.807) is 6.08 Å². The summed E-state index contributed by atoms with van der Waals surface area (Å²) in [6.07, 6.45) is 1.36. The molecule has 17 unspecified atom stereocenters. The largest absolute Gasteiger partial charge is 0.394 e. The molecule has 3 aliphatic heterocycles. The summed E-state index contributed by atoms with van der Waals surface area (Å²) in [5, 5.41) is 119. The van der Waals surface area contributed by atoms with E-state index in [0.29, 0.717) is 6.42 Å². The van der Waals surface area contributed by atoms with Crippen molar-refractivity contribution in [1.82, 2.24) is 5.32 Å². The van der Waals surface area contributed by atoms with Gasteiger partial charge in [-0.15, -0.1) is 0 Å². The minimum atomic E-state index is -1.97. The topological polar surface area (TPSA) is 307 Å². The van der Waals surface area contributed by atoms with Crippen molar-refractivity contribution in [3.05, 3.63) is 12.2 Å². The second-order valence-electron chi connectivity index (χ2n) is 18.6. The van der Waals surface area contributed by atoms with Crippen molar-refractivity contribution in [3.8, 4) is 0 Å². The Morgan fingerprint density at radius 3 is 1.40 bits per heavy atom. The van der Waals surface area contributed by atoms with E-state index in [4.69, 9.17) is 28.4 Å². The Morgan fingerprint density at radius 1 is 0.522 bits per heavy atom. The highest BCUT2D eigenvalue weighted by Crippen LogP contribution is 2.33. The summed E-state index contributed by atoms with van der Waals surface area (Å²) >= 11 is 0. The normalized spacial score (nSPS) is 33.5. The molecule has 3 heterocycles. The molecule has 3 rings (SSSR count). The van der Waals surface area contributed by atoms with E-state index < -0.39 is 124 Å². The first-order chi connectivity index (χ1) is 32.3. The van der Waals surface area contributed by atoms with Gasteiger partial charge in [-0.25, -0.2) is 0 Å². The zero-order valence-corrected chi connectivity index (χ0v) is 40.1. The number of allylic oxidation sites excluding steroid dienone is 1. The zero-order valence-electron chi connectivity index (χ0n) is 40.1. The molecule has 0 aromatic carbocycles. The van der Waals surface area contributed by atoms with Gasteiger partial charge >= 0.3 is 0 Å². The first-order valence-electron chi connectivity index (χ1n) is 25.4. The lowest BCUT2D eigenvalue weighted by Crippen LogP contribution is -2.66. The lowest BCUT2D eigenvalue weighted by Gasteiger charge is -2.48. The molecule has 17 atom stereocenters. The molecular weight excluding hydrogens is 879 g/mol. The third-order valence-electron chi connectivity index (χ3n) is 13.1. The standard InChI is InChI=1S/C48H89NO18/c1-3-5-7-9-10-11-12-13-14-15-16-17-18-19-20-22-23-25-32(53)31(49-36(54)26-24-21-8-6-4-2)30-62-46-42(60)39(57)44(34(28-51)64-46)67-48-43(61)40(58)45(35(29-52)65-48)66-47-41(59)38(56)37(55)33(27-50)63-47/h23,25,31-35,37-48,50-53,55-61H,3-22,24,26-30H2,1-2H3,(H,49,54)/b25-23+. The third-order valence-corrected chi connectivity index (χ3v) is 13.1. The van der Waals surface area contributed by atoms with Crippen molar-refractivity contribution >= 4 is 5.91 Å². The first kappa shape index (κ1) is 59.8. The van der Waals surface area contributed by atoms with Gasteiger partial charge in [-0.3, -0.25) is 4.79 Å². The number of nitrogens with one attached hydrogen (secondary N) is 1. The molecule has 394 valence electrons. The minimum Gasteiger partial charge on any atom is -0.394 e. The van der Waals surface area contributed by atoms with Gasteiger partial charge in [0.25, 0.3) is 0 Å². The number of aliphatic hydroxyl groups excluding tert-OH is 11. The van der Waals surface area contributed by atoms with Crippen LogP contribution in [0.25, 0.3) is 0 Å². The van der Waals surface area contributed by atoms with Crippen LogP contribution >= 0.6 is 0 Å². The Kier molecular flexibility index (Phi) is 30.4. The lowest BCUT2D eigenvalue weighted by molar-refractivity contribution is -0.379. The predicted octanol–water partition coefficient (Wildman–Crippen LogP) is 1.48. The van der Waals surface area contributed by atoms with Crippen LogP contribution in [0.3, 0.4) is 0 Å². The zero-order chi connectivity index (χ0) is 49.1. The molecule has 0 spiro atoms. The van der Waals surface area contributed by atoms with Crippen molar-refractivity contribution in [2.24, 2.45) is 0 Å². The summed E-state index contributed by atoms with van der Waals surface area (Å²) in [6.45, 7) is 1.59. The number of hydrogen-bond acceptors (Lipinski definition) is 18. The first-order valence-corrected chi connectivity index (χ1v) is 25.4. The van der Waals surface area contributed by atoms with Crippen LogP contribution in [0.4, 0.5) is 0 Å². The van der Waals surface area contributed by atoms with E-state index in [2.05, 4.69) is 19.2 Å². The summed E-state index contributed by atoms with van der Waals surface area (Å²) in [7, 11) is 0. The average molecular weight is 968 g/mol. The molecule has 0 aliphatic carbocycles. The summed E-state index contributed by atoms with van der Waals surface area (Å²) < 4.78 is 34.0. The van der Waals surface area contributed by atoms with Gasteiger partial charge in [0.15, 0.2) is 18.9 Å². The Hall–Kier alpha value is -1.47. The Balaban J connectivity index is 1.52. The van der Waals surface area contributed by atoms with Crippen molar-refractivity contribution in [3.63, 3.8) is 0 Å². The van der Waals surface area contributed by atoms with Gasteiger partial charge in [0.05, 0.1) is 38.6 Å². The highest BCUT2D eigenvalue weighted by molar-refractivity contribution is 5.76. The van der Waals surface area contributed by atoms with Crippen LogP contribution in [0.1, 0.15) is 155 Å². The number of amides is 1. The number of carbonyl (C=O) groups is 1. The van der Waals surface area contributed by atoms with Crippen LogP contribution in [-0.2, 0) is 33.2 Å². The fourth-order valence-corrected chi connectivity index (χ4v) is 8.78. The molecular formula is C48H89NO18. The quantitative estimate of drug-likeness (QED) is 0.0316. The van der Waals surface area contributed by atoms with Crippen molar-refractivity contribution in [2.75, 3.05) is 26.4 Å². The van der Waals surface area contributed by atoms with Gasteiger partial charge in [-0.2, -0.15) is 0 Å². The molecule has 12 N–H and O–H groups in total. The summed E-state index contributed by atoms with van der Waals surface area (Å²) in [6, 6.07) is -0.962. The SMILES string of the molecule is CCCCCCCCCCCCCCCCC/C=C/C(O)C(COC1OC(CO)C(OC2OC(CO)C(OC3OC(CO)C(O)C(O)C3O)C(O)C2O)C(O)C1O)NC(=O)CCCCCCC. The summed E-state index contributed by atoms with van der Waals surface area (Å²) in [5.41, 5.74) is 0. The van der Waals surface area contributed by atoms with Gasteiger partial charge in [-0.1, -0.05) is 142 Å². The second-order valence-corrected chi connectivity index (χ2v) is 18.6. The molecule has 0 bridgehead atoms. The lowest BCUT2D eigenvalue weighted by atomic mass is 9.96. The highest BCUT2D eigenvalue weighted by Gasteiger charge is 2.53. The molecule has 19 nitrogen and oxygen atoms in total. The molecule has 3 saturated heterocycles. The van der Waals surface area contributed by atoms with E-state index in [-0.39, 0.29) is 18.9 Å². The minimum absolute atomic E-state index is 0.240. The average Bonchev–Trinajstić information content (AvgIpc) is 3.32. The smallest absolute Gasteiger partial charge is 0.220 e. The maximum atomic E-state index is 13.0. The molecule has 1 amide bonds. The summed E-state index contributed by atoms with van der Waals surface area (Å²) in [4.78, 5) is 13.0. The van der Waals surface area contributed by atoms with Crippen LogP contribution in [0.2, 0.25) is 0 Å². The number of aliphatic hydroxyl groups is 11. The second kappa shape index (κ2) is 34.0. The third kappa shape index (κ3) is 20.3. The number of ether oxygens (including phenoxy) is 6. The number of carbonyl (C=O) groups excluding carboxylic acids is 1. The van der Waals surface area contributed by atoms with Crippen molar-refractivity contribution in [2.45, 2.75) is 259 Å². The van der Waals surface area contributed by atoms with Gasteiger partial charge in [0.1, 0.15) is 73.2 Å². The van der Waals surface area contributed by atoms with E-state index in [0.717, 1.165) is 51.4 Å². The molecule has 0 aromatic rings. The van der Waals surface area contributed by atoms with Crippen LogP contribution < -0.4 is 5.32 Å². The van der Waals surface area contributed by atoms with E-state index in [9.17, 15) is 61.0 Å². The van der Waals surface area contributed by atoms with Crippen LogP contribution in [0, 0.1) is 0 Å². The molecule has 67 heavy (non-hydrogen) atoms. The van der Waals surface area contributed by atoms with E-state index in [1.165, 1.54) is 77.0 Å². The number of rotatable bonds is 35. The van der Waals surface area contributed by atoms with Crippen molar-refractivity contribution < 1.29 is 89.4 Å². The van der Waals surface area contributed by atoms with Gasteiger partial charge in [0.2, 0.25) is 5.91 Å². The van der Waals surface area contributed by atoms with Crippen LogP contribution in [0.15, 0.2) is 12.2 Å². The monoisotopic (exact) mass is 968 g/mol. The van der Waals surface area contributed by atoms with E-state index in [1.807, 2.05) is 6.08 Å². The maximum absolute atomic E-state index is 13.0.